The maximum Gasteiger partial charge on any atom is 0.329 e. The van der Waals surface area contributed by atoms with Crippen molar-refractivity contribution in [2.75, 3.05) is 40.5 Å². The first-order valence-electron chi connectivity index (χ1n) is 15.2. The number of aryl methyl sites for hydroxylation is 1. The lowest BCUT2D eigenvalue weighted by Gasteiger charge is -2.19. The Kier molecular flexibility index (Phi) is 22.5. The van der Waals surface area contributed by atoms with Gasteiger partial charge >= 0.3 is 14.6 Å². The highest BCUT2D eigenvalue weighted by Gasteiger charge is 2.17. The maximum atomic E-state index is 11.5. The second kappa shape index (κ2) is 24.5. The van der Waals surface area contributed by atoms with E-state index in [1.165, 1.54) is 89.5 Å². The van der Waals surface area contributed by atoms with Crippen LogP contribution in [0, 0.1) is 0 Å². The van der Waals surface area contributed by atoms with Crippen LogP contribution in [-0.2, 0) is 25.0 Å². The summed E-state index contributed by atoms with van der Waals surface area (Å²) in [5, 5.41) is 0. The van der Waals surface area contributed by atoms with Crippen LogP contribution in [0.5, 0.6) is 5.75 Å². The van der Waals surface area contributed by atoms with Gasteiger partial charge in [0.2, 0.25) is 0 Å². The number of carbonyl (C=O) groups is 1. The molecule has 0 aliphatic carbocycles. The molecule has 0 aliphatic rings. The molecule has 39 heavy (non-hydrogen) atoms. The number of ether oxygens (including phenoxy) is 2. The third-order valence-electron chi connectivity index (χ3n) is 6.58. The maximum absolute atomic E-state index is 11.5. The normalized spacial score (nSPS) is 13.0. The monoisotopic (exact) mass is 569 g/mol. The average molecular weight is 570 g/mol. The minimum absolute atomic E-state index is 0.0104. The number of hydrogen-bond donors (Lipinski definition) is 1. The van der Waals surface area contributed by atoms with Gasteiger partial charge < -0.3 is 28.3 Å². The zero-order chi connectivity index (χ0) is 28.6. The third-order valence-corrected chi connectivity index (χ3v) is 7.36. The molecule has 0 amide bonds. The average Bonchev–Trinajstić information content (AvgIpc) is 2.91. The molecule has 0 heterocycles. The molecule has 1 rings (SSSR count). The van der Waals surface area contributed by atoms with E-state index in [0.29, 0.717) is 12.4 Å². The number of benzene rings is 1. The smallest absolute Gasteiger partial charge is 0.329 e. The van der Waals surface area contributed by atoms with Gasteiger partial charge in [-0.2, -0.15) is 0 Å². The van der Waals surface area contributed by atoms with Crippen molar-refractivity contribution in [3.8, 4) is 5.75 Å². The number of carbonyl (C=O) groups excluding carboxylic acids is 1. The predicted molar refractivity (Wildman–Crippen MR) is 161 cm³/mol. The van der Waals surface area contributed by atoms with E-state index in [9.17, 15) is 9.69 Å². The summed E-state index contributed by atoms with van der Waals surface area (Å²) in [5.74, 6) is 0.297. The number of rotatable bonds is 26. The molecule has 0 aliphatic heterocycles. The van der Waals surface area contributed by atoms with Crippen LogP contribution in [0.1, 0.15) is 109 Å². The van der Waals surface area contributed by atoms with E-state index < -0.39 is 20.7 Å². The molecule has 2 unspecified atom stereocenters. The zero-order valence-electron chi connectivity index (χ0n) is 25.2. The highest BCUT2D eigenvalue weighted by atomic mass is 31.2. The van der Waals surface area contributed by atoms with Gasteiger partial charge in [-0.1, -0.05) is 89.7 Å². The van der Waals surface area contributed by atoms with Crippen LogP contribution in [0.4, 0.5) is 0 Å². The number of esters is 1. The molecule has 226 valence electrons. The summed E-state index contributed by atoms with van der Waals surface area (Å²) in [6.07, 6.45) is 18.6. The molecule has 0 bridgehead atoms. The van der Waals surface area contributed by atoms with Crippen LogP contribution in [0.2, 0.25) is 0 Å². The molecule has 8 heteroatoms. The van der Waals surface area contributed by atoms with Crippen LogP contribution in [0.25, 0.3) is 0 Å². The van der Waals surface area contributed by atoms with Crippen molar-refractivity contribution >= 4 is 14.6 Å². The minimum Gasteiger partial charge on any atom is -0.490 e. The van der Waals surface area contributed by atoms with Gasteiger partial charge in [0, 0.05) is 6.92 Å². The fourth-order valence-electron chi connectivity index (χ4n) is 4.32. The summed E-state index contributed by atoms with van der Waals surface area (Å²) in [7, 11) is 2.03. The van der Waals surface area contributed by atoms with E-state index in [-0.39, 0.29) is 13.2 Å². The molecule has 0 fully saturated rings. The molecule has 2 atom stereocenters. The molecule has 0 saturated heterocycles. The van der Waals surface area contributed by atoms with Gasteiger partial charge in [-0.05, 0) is 64.0 Å². The Balaban J connectivity index is 2.18. The fraction of sp³-hybridized carbons (Fsp3) is 0.774. The summed E-state index contributed by atoms with van der Waals surface area (Å²) in [6, 6.07) is 8.11. The van der Waals surface area contributed by atoms with Crippen LogP contribution >= 0.6 is 8.60 Å². The van der Waals surface area contributed by atoms with Gasteiger partial charge in [-0.3, -0.25) is 4.79 Å². The van der Waals surface area contributed by atoms with Crippen LogP contribution in [-0.4, -0.2) is 62.3 Å². The van der Waals surface area contributed by atoms with Gasteiger partial charge in [-0.25, -0.2) is 0 Å². The van der Waals surface area contributed by atoms with E-state index in [1.54, 1.807) is 0 Å². The predicted octanol–water partition coefficient (Wildman–Crippen LogP) is 7.83. The SMILES string of the molecule is CCCCCCCCCCCCCCc1ccc(OCC(COP(O)OCCCCN(C)C)OC(C)=O)cc1. The van der Waals surface area contributed by atoms with E-state index in [4.69, 9.17) is 18.5 Å². The lowest BCUT2D eigenvalue weighted by Crippen LogP contribution is -2.28. The molecular formula is C31H56NO6P. The van der Waals surface area contributed by atoms with Gasteiger partial charge in [0.1, 0.15) is 12.4 Å². The Morgan fingerprint density at radius 2 is 1.41 bits per heavy atom. The first kappa shape index (κ1) is 35.8. The van der Waals surface area contributed by atoms with Crippen molar-refractivity contribution in [1.29, 1.82) is 0 Å². The Morgan fingerprint density at radius 1 is 0.821 bits per heavy atom. The lowest BCUT2D eigenvalue weighted by atomic mass is 10.0. The molecule has 1 aromatic carbocycles. The first-order chi connectivity index (χ1) is 18.9. The second-order valence-electron chi connectivity index (χ2n) is 10.7. The Labute approximate surface area is 239 Å². The molecule has 0 spiro atoms. The summed E-state index contributed by atoms with van der Waals surface area (Å²) >= 11 is 0. The Hall–Kier alpha value is -1.24. The van der Waals surface area contributed by atoms with Crippen molar-refractivity contribution < 1.29 is 28.2 Å². The quantitative estimate of drug-likeness (QED) is 0.0692. The first-order valence-corrected chi connectivity index (χ1v) is 16.3. The number of hydrogen-bond acceptors (Lipinski definition) is 7. The Morgan fingerprint density at radius 3 is 1.97 bits per heavy atom. The van der Waals surface area contributed by atoms with Gasteiger partial charge in [0.05, 0.1) is 13.2 Å². The Bertz CT molecular complexity index is 703. The highest BCUT2D eigenvalue weighted by Crippen LogP contribution is 2.33. The summed E-state index contributed by atoms with van der Waals surface area (Å²) < 4.78 is 21.8. The van der Waals surface area contributed by atoms with Crippen LogP contribution < -0.4 is 4.74 Å². The fourth-order valence-corrected chi connectivity index (χ4v) is 4.97. The number of unbranched alkanes of at least 4 members (excludes halogenated alkanes) is 12. The minimum atomic E-state index is -2.02. The molecule has 7 nitrogen and oxygen atoms in total. The molecule has 0 aromatic heterocycles. The molecule has 1 N–H and O–H groups in total. The summed E-state index contributed by atoms with van der Waals surface area (Å²) in [5.41, 5.74) is 1.31. The van der Waals surface area contributed by atoms with E-state index in [0.717, 1.165) is 25.8 Å². The molecule has 1 aromatic rings. The van der Waals surface area contributed by atoms with Crippen LogP contribution in [0.3, 0.4) is 0 Å². The highest BCUT2D eigenvalue weighted by molar-refractivity contribution is 7.40. The van der Waals surface area contributed by atoms with Gasteiger partial charge in [0.25, 0.3) is 0 Å². The topological polar surface area (TPSA) is 77.5 Å². The van der Waals surface area contributed by atoms with Crippen molar-refractivity contribution in [3.63, 3.8) is 0 Å². The van der Waals surface area contributed by atoms with E-state index in [2.05, 4.69) is 24.0 Å². The van der Waals surface area contributed by atoms with Crippen LogP contribution in [0.15, 0.2) is 24.3 Å². The summed E-state index contributed by atoms with van der Waals surface area (Å²) in [6.45, 7) is 5.17. The van der Waals surface area contributed by atoms with Gasteiger partial charge in [0.15, 0.2) is 6.10 Å². The van der Waals surface area contributed by atoms with Crippen molar-refractivity contribution in [2.24, 2.45) is 0 Å². The van der Waals surface area contributed by atoms with E-state index >= 15 is 0 Å². The molecule has 0 radical (unpaired) electrons. The standard InChI is InChI=1S/C31H56NO6P/c1-5-6-7-8-9-10-11-12-13-14-15-16-19-29-20-22-30(23-21-29)35-26-31(38-28(2)33)27-37-39(34)36-25-18-17-24-32(3)4/h20-23,31,34H,5-19,24-27H2,1-4H3. The van der Waals surface area contributed by atoms with Crippen molar-refractivity contribution in [2.45, 2.75) is 116 Å². The number of nitrogens with zero attached hydrogens (tertiary/aromatic N) is 1. The molecule has 0 saturated carbocycles. The summed E-state index contributed by atoms with van der Waals surface area (Å²) in [4.78, 5) is 23.6. The van der Waals surface area contributed by atoms with Crippen molar-refractivity contribution in [1.82, 2.24) is 4.90 Å². The lowest BCUT2D eigenvalue weighted by molar-refractivity contribution is -0.149. The van der Waals surface area contributed by atoms with Crippen molar-refractivity contribution in [3.05, 3.63) is 29.8 Å². The molecular weight excluding hydrogens is 513 g/mol. The largest absolute Gasteiger partial charge is 0.490 e. The van der Waals surface area contributed by atoms with Gasteiger partial charge in [-0.15, -0.1) is 0 Å². The third kappa shape index (κ3) is 22.2. The van der Waals surface area contributed by atoms with E-state index in [1.807, 2.05) is 26.2 Å². The zero-order valence-corrected chi connectivity index (χ0v) is 26.1. The second-order valence-corrected chi connectivity index (χ2v) is 11.7.